The number of hydrogen-bond acceptors (Lipinski definition) is 3. The Labute approximate surface area is 105 Å². The van der Waals surface area contributed by atoms with Gasteiger partial charge in [-0.2, -0.15) is 0 Å². The zero-order valence-corrected chi connectivity index (χ0v) is 11.4. The molecule has 1 saturated heterocycles. The van der Waals surface area contributed by atoms with Gasteiger partial charge in [0.15, 0.2) is 0 Å². The van der Waals surface area contributed by atoms with Crippen molar-refractivity contribution < 1.29 is 4.74 Å². The van der Waals surface area contributed by atoms with Gasteiger partial charge in [0.2, 0.25) is 0 Å². The van der Waals surface area contributed by atoms with Gasteiger partial charge in [-0.25, -0.2) is 0 Å². The first-order chi connectivity index (χ1) is 7.77. The van der Waals surface area contributed by atoms with E-state index in [-0.39, 0.29) is 6.10 Å². The normalized spacial score (nSPS) is 25.2. The maximum Gasteiger partial charge on any atom is 0.143 e. The van der Waals surface area contributed by atoms with Crippen molar-refractivity contribution in [2.24, 2.45) is 0 Å². The molecule has 0 aromatic carbocycles. The Kier molecular flexibility index (Phi) is 3.97. The summed E-state index contributed by atoms with van der Waals surface area (Å²) in [5.41, 5.74) is 0. The Bertz CT molecular complexity index is 353. The highest BCUT2D eigenvalue weighted by Gasteiger charge is 2.30. The van der Waals surface area contributed by atoms with Gasteiger partial charge in [-0.1, -0.05) is 22.9 Å². The molecule has 2 unspecified atom stereocenters. The maximum atomic E-state index is 5.60. The molecular weight excluding hydrogens is 270 g/mol. The summed E-state index contributed by atoms with van der Waals surface area (Å²) in [4.78, 5) is 0. The lowest BCUT2D eigenvalue weighted by molar-refractivity contribution is 0.116. The van der Waals surface area contributed by atoms with E-state index in [1.165, 1.54) is 0 Å². The highest BCUT2D eigenvalue weighted by atomic mass is 79.9. The van der Waals surface area contributed by atoms with Crippen LogP contribution in [0.2, 0.25) is 0 Å². The zero-order chi connectivity index (χ0) is 11.5. The van der Waals surface area contributed by atoms with Gasteiger partial charge in [0.25, 0.3) is 0 Å². The van der Waals surface area contributed by atoms with Crippen LogP contribution in [0.4, 0.5) is 0 Å². The third-order valence-corrected chi connectivity index (χ3v) is 3.63. The fourth-order valence-corrected chi connectivity index (χ4v) is 2.68. The summed E-state index contributed by atoms with van der Waals surface area (Å²) in [6.45, 7) is 6.13. The Balaban J connectivity index is 2.28. The third kappa shape index (κ3) is 2.15. The van der Waals surface area contributed by atoms with Crippen LogP contribution in [0.5, 0.6) is 0 Å². The number of halogens is 1. The van der Waals surface area contributed by atoms with Crippen molar-refractivity contribution in [3.05, 3.63) is 11.6 Å². The topological polar surface area (TPSA) is 39.9 Å². The van der Waals surface area contributed by atoms with E-state index >= 15 is 0 Å². The molecule has 1 fully saturated rings. The van der Waals surface area contributed by atoms with Gasteiger partial charge in [0.1, 0.15) is 11.6 Å². The minimum absolute atomic E-state index is 0.267. The molecule has 0 spiro atoms. The summed E-state index contributed by atoms with van der Waals surface area (Å²) in [5, 5.41) is 9.35. The van der Waals surface area contributed by atoms with Crippen LogP contribution in [-0.2, 0) is 16.6 Å². The Morgan fingerprint density at radius 2 is 2.31 bits per heavy atom. The van der Waals surface area contributed by atoms with E-state index in [1.54, 1.807) is 0 Å². The largest absolute Gasteiger partial charge is 0.378 e. The predicted octanol–water partition coefficient (Wildman–Crippen LogP) is 2.48. The summed E-state index contributed by atoms with van der Waals surface area (Å²) in [6, 6.07) is 0. The molecule has 0 radical (unpaired) electrons. The SMILES string of the molecule is CCCn1c(CBr)nnc1C1CCOC1C. The number of hydrogen-bond donors (Lipinski definition) is 0. The van der Waals surface area contributed by atoms with Crippen molar-refractivity contribution in [1.82, 2.24) is 14.8 Å². The zero-order valence-electron chi connectivity index (χ0n) is 9.82. The number of alkyl halides is 1. The van der Waals surface area contributed by atoms with Crippen molar-refractivity contribution in [1.29, 1.82) is 0 Å². The second-order valence-corrected chi connectivity index (χ2v) is 4.79. The van der Waals surface area contributed by atoms with E-state index in [0.717, 1.165) is 43.0 Å². The van der Waals surface area contributed by atoms with Crippen molar-refractivity contribution in [3.63, 3.8) is 0 Å². The lowest BCUT2D eigenvalue weighted by Crippen LogP contribution is -2.16. The molecule has 16 heavy (non-hydrogen) atoms. The Morgan fingerprint density at radius 1 is 1.50 bits per heavy atom. The molecule has 5 heteroatoms. The van der Waals surface area contributed by atoms with Crippen LogP contribution in [0.3, 0.4) is 0 Å². The van der Waals surface area contributed by atoms with Crippen LogP contribution in [0.25, 0.3) is 0 Å². The van der Waals surface area contributed by atoms with Gasteiger partial charge in [-0.3, -0.25) is 0 Å². The molecule has 0 amide bonds. The van der Waals surface area contributed by atoms with Crippen LogP contribution < -0.4 is 0 Å². The molecule has 0 bridgehead atoms. The maximum absolute atomic E-state index is 5.60. The van der Waals surface area contributed by atoms with Crippen LogP contribution >= 0.6 is 15.9 Å². The van der Waals surface area contributed by atoms with Crippen molar-refractivity contribution in [2.75, 3.05) is 6.61 Å². The quantitative estimate of drug-likeness (QED) is 0.799. The smallest absolute Gasteiger partial charge is 0.143 e. The lowest BCUT2D eigenvalue weighted by atomic mass is 10.0. The minimum atomic E-state index is 0.267. The molecule has 1 aromatic rings. The molecular formula is C11H18BrN3O. The van der Waals surface area contributed by atoms with Crippen molar-refractivity contribution in [2.45, 2.75) is 50.6 Å². The first-order valence-corrected chi connectivity index (χ1v) is 6.99. The highest BCUT2D eigenvalue weighted by molar-refractivity contribution is 9.08. The van der Waals surface area contributed by atoms with Crippen LogP contribution in [-0.4, -0.2) is 27.5 Å². The molecule has 4 nitrogen and oxygen atoms in total. The van der Waals surface area contributed by atoms with E-state index in [2.05, 4.69) is 44.5 Å². The molecule has 0 N–H and O–H groups in total. The van der Waals surface area contributed by atoms with E-state index in [9.17, 15) is 0 Å². The molecule has 2 atom stereocenters. The number of ether oxygens (including phenoxy) is 1. The molecule has 0 aliphatic carbocycles. The van der Waals surface area contributed by atoms with Gasteiger partial charge in [-0.15, -0.1) is 10.2 Å². The molecule has 2 heterocycles. The standard InChI is InChI=1S/C11H18BrN3O/c1-3-5-15-10(7-12)13-14-11(15)9-4-6-16-8(9)2/h8-9H,3-7H2,1-2H3. The molecule has 90 valence electrons. The number of nitrogens with zero attached hydrogens (tertiary/aromatic N) is 3. The van der Waals surface area contributed by atoms with E-state index in [0.29, 0.717) is 5.92 Å². The number of rotatable bonds is 4. The van der Waals surface area contributed by atoms with Gasteiger partial charge in [0, 0.05) is 19.1 Å². The Hall–Kier alpha value is -0.420. The van der Waals surface area contributed by atoms with Gasteiger partial charge in [0.05, 0.1) is 11.4 Å². The first kappa shape index (κ1) is 12.0. The highest BCUT2D eigenvalue weighted by Crippen LogP contribution is 2.30. The van der Waals surface area contributed by atoms with E-state index in [4.69, 9.17) is 4.74 Å². The van der Waals surface area contributed by atoms with E-state index < -0.39 is 0 Å². The van der Waals surface area contributed by atoms with Crippen molar-refractivity contribution >= 4 is 15.9 Å². The Morgan fingerprint density at radius 3 is 2.88 bits per heavy atom. The van der Waals surface area contributed by atoms with Crippen molar-refractivity contribution in [3.8, 4) is 0 Å². The van der Waals surface area contributed by atoms with Crippen LogP contribution in [0.15, 0.2) is 0 Å². The summed E-state index contributed by atoms with van der Waals surface area (Å²) >= 11 is 3.46. The first-order valence-electron chi connectivity index (χ1n) is 5.87. The summed E-state index contributed by atoms with van der Waals surface area (Å²) in [5.74, 6) is 2.53. The summed E-state index contributed by atoms with van der Waals surface area (Å²) in [7, 11) is 0. The molecule has 1 aromatic heterocycles. The molecule has 0 saturated carbocycles. The average Bonchev–Trinajstić information content (AvgIpc) is 2.85. The van der Waals surface area contributed by atoms with Crippen LogP contribution in [0.1, 0.15) is 44.3 Å². The molecule has 1 aliphatic rings. The fraction of sp³-hybridized carbons (Fsp3) is 0.818. The number of aromatic nitrogens is 3. The third-order valence-electron chi connectivity index (χ3n) is 3.13. The summed E-state index contributed by atoms with van der Waals surface area (Å²) < 4.78 is 7.84. The second kappa shape index (κ2) is 5.27. The monoisotopic (exact) mass is 287 g/mol. The average molecular weight is 288 g/mol. The molecule has 1 aliphatic heterocycles. The predicted molar refractivity (Wildman–Crippen MR) is 65.7 cm³/mol. The minimum Gasteiger partial charge on any atom is -0.378 e. The lowest BCUT2D eigenvalue weighted by Gasteiger charge is -2.15. The van der Waals surface area contributed by atoms with Gasteiger partial charge >= 0.3 is 0 Å². The van der Waals surface area contributed by atoms with Gasteiger partial charge in [-0.05, 0) is 19.8 Å². The van der Waals surface area contributed by atoms with Gasteiger partial charge < -0.3 is 9.30 Å². The fourth-order valence-electron chi connectivity index (χ4n) is 2.26. The second-order valence-electron chi connectivity index (χ2n) is 4.23. The van der Waals surface area contributed by atoms with Crippen LogP contribution in [0, 0.1) is 0 Å². The van der Waals surface area contributed by atoms with E-state index in [1.807, 2.05) is 0 Å². The summed E-state index contributed by atoms with van der Waals surface area (Å²) in [6.07, 6.45) is 2.43. The molecule has 2 rings (SSSR count).